The number of rotatable bonds is 7. The van der Waals surface area contributed by atoms with Gasteiger partial charge in [0.25, 0.3) is 5.91 Å². The Bertz CT molecular complexity index is 851. The molecule has 2 aromatic carbocycles. The maximum Gasteiger partial charge on any atom is 0.255 e. The summed E-state index contributed by atoms with van der Waals surface area (Å²) in [6.45, 7) is 4.41. The Morgan fingerprint density at radius 3 is 2.52 bits per heavy atom. The minimum Gasteiger partial charge on any atom is -0.322 e. The molecule has 0 aliphatic rings. The van der Waals surface area contributed by atoms with Gasteiger partial charge < -0.3 is 5.32 Å². The number of hydrogen-bond donors (Lipinski definition) is 2. The van der Waals surface area contributed by atoms with E-state index in [0.29, 0.717) is 23.2 Å². The van der Waals surface area contributed by atoms with Gasteiger partial charge in [0.2, 0.25) is 10.0 Å². The molecule has 0 radical (unpaired) electrons. The molecule has 0 bridgehead atoms. The molecule has 0 unspecified atom stereocenters. The third-order valence-electron chi connectivity index (χ3n) is 3.50. The molecule has 7 heteroatoms. The summed E-state index contributed by atoms with van der Waals surface area (Å²) < 4.78 is 27.2. The van der Waals surface area contributed by atoms with Gasteiger partial charge in [0, 0.05) is 22.8 Å². The maximum atomic E-state index is 12.3. The van der Waals surface area contributed by atoms with Crippen molar-refractivity contribution in [3.8, 4) is 0 Å². The topological polar surface area (TPSA) is 75.3 Å². The summed E-state index contributed by atoms with van der Waals surface area (Å²) in [5.74, 6) is -0.000921. The molecule has 0 aliphatic carbocycles. The lowest BCUT2D eigenvalue weighted by Gasteiger charge is -2.10. The fourth-order valence-electron chi connectivity index (χ4n) is 2.14. The summed E-state index contributed by atoms with van der Waals surface area (Å²) in [6.07, 6.45) is 0.744. The number of carbonyl (C=O) groups is 1. The molecule has 2 rings (SSSR count). The monoisotopic (exact) mass is 380 g/mol. The molecular weight excluding hydrogens is 360 g/mol. The molecule has 0 aliphatic heterocycles. The summed E-state index contributed by atoms with van der Waals surface area (Å²) >= 11 is 5.89. The van der Waals surface area contributed by atoms with Crippen LogP contribution in [0, 0.1) is 5.92 Å². The van der Waals surface area contributed by atoms with Crippen LogP contribution < -0.4 is 10.0 Å². The second-order valence-corrected chi connectivity index (χ2v) is 8.28. The van der Waals surface area contributed by atoms with Crippen molar-refractivity contribution in [2.45, 2.75) is 25.2 Å². The van der Waals surface area contributed by atoms with E-state index in [1.807, 2.05) is 13.8 Å². The lowest BCUT2D eigenvalue weighted by molar-refractivity contribution is 0.102. The van der Waals surface area contributed by atoms with Gasteiger partial charge in [-0.15, -0.1) is 0 Å². The molecule has 0 aromatic heterocycles. The van der Waals surface area contributed by atoms with Gasteiger partial charge >= 0.3 is 0 Å². The predicted molar refractivity (Wildman–Crippen MR) is 100 cm³/mol. The zero-order valence-corrected chi connectivity index (χ0v) is 15.7. The van der Waals surface area contributed by atoms with Crippen LogP contribution in [0.25, 0.3) is 0 Å². The average Bonchev–Trinajstić information content (AvgIpc) is 2.54. The molecule has 0 heterocycles. The summed E-state index contributed by atoms with van der Waals surface area (Å²) in [5.41, 5.74) is 0.799. The van der Waals surface area contributed by atoms with Crippen molar-refractivity contribution in [2.75, 3.05) is 11.9 Å². The normalized spacial score (nSPS) is 11.5. The molecule has 2 N–H and O–H groups in total. The molecular formula is C18H21ClN2O3S. The average molecular weight is 381 g/mol. The van der Waals surface area contributed by atoms with Gasteiger partial charge in [-0.25, -0.2) is 13.1 Å². The summed E-state index contributed by atoms with van der Waals surface area (Å²) in [6, 6.07) is 12.7. The second-order valence-electron chi connectivity index (χ2n) is 6.07. The van der Waals surface area contributed by atoms with Crippen molar-refractivity contribution in [1.29, 1.82) is 0 Å². The first-order valence-electron chi connectivity index (χ1n) is 7.94. The van der Waals surface area contributed by atoms with E-state index in [9.17, 15) is 13.2 Å². The molecule has 0 atom stereocenters. The number of nitrogens with one attached hydrogen (secondary N) is 2. The Morgan fingerprint density at radius 2 is 1.84 bits per heavy atom. The van der Waals surface area contributed by atoms with Crippen molar-refractivity contribution < 1.29 is 13.2 Å². The fraction of sp³-hybridized carbons (Fsp3) is 0.278. The minimum absolute atomic E-state index is 0.0648. The molecule has 2 aromatic rings. The van der Waals surface area contributed by atoms with Gasteiger partial charge in [-0.05, 0) is 48.7 Å². The predicted octanol–water partition coefficient (Wildman–Crippen LogP) is 3.92. The van der Waals surface area contributed by atoms with Crippen LogP contribution >= 0.6 is 11.6 Å². The maximum absolute atomic E-state index is 12.3. The highest BCUT2D eigenvalue weighted by Crippen LogP contribution is 2.17. The first-order chi connectivity index (χ1) is 11.8. The molecule has 0 saturated carbocycles. The summed E-state index contributed by atoms with van der Waals surface area (Å²) in [4.78, 5) is 12.4. The van der Waals surface area contributed by atoms with Crippen LogP contribution in [0.15, 0.2) is 53.4 Å². The zero-order chi connectivity index (χ0) is 18.4. The molecule has 134 valence electrons. The van der Waals surface area contributed by atoms with Gasteiger partial charge in [-0.3, -0.25) is 4.79 Å². The zero-order valence-electron chi connectivity index (χ0n) is 14.1. The third kappa shape index (κ3) is 5.85. The highest BCUT2D eigenvalue weighted by atomic mass is 35.5. The number of carbonyl (C=O) groups excluding carboxylic acids is 1. The van der Waals surface area contributed by atoms with Gasteiger partial charge in [0.1, 0.15) is 0 Å². The van der Waals surface area contributed by atoms with E-state index in [-0.39, 0.29) is 10.5 Å². The molecule has 1 amide bonds. The highest BCUT2D eigenvalue weighted by Gasteiger charge is 2.16. The first kappa shape index (κ1) is 19.4. The summed E-state index contributed by atoms with van der Waals surface area (Å²) in [7, 11) is -3.64. The van der Waals surface area contributed by atoms with Crippen LogP contribution in [0.4, 0.5) is 5.69 Å². The van der Waals surface area contributed by atoms with E-state index in [0.717, 1.165) is 6.42 Å². The summed E-state index contributed by atoms with van der Waals surface area (Å²) in [5, 5.41) is 3.20. The highest BCUT2D eigenvalue weighted by molar-refractivity contribution is 7.89. The van der Waals surface area contributed by atoms with Crippen LogP contribution in [0.3, 0.4) is 0 Å². The van der Waals surface area contributed by atoms with Crippen molar-refractivity contribution in [3.63, 3.8) is 0 Å². The minimum atomic E-state index is -3.64. The van der Waals surface area contributed by atoms with Crippen molar-refractivity contribution >= 4 is 33.2 Å². The van der Waals surface area contributed by atoms with Gasteiger partial charge in [-0.1, -0.05) is 37.6 Å². The lowest BCUT2D eigenvalue weighted by Crippen LogP contribution is -2.26. The molecule has 0 spiro atoms. The first-order valence-corrected chi connectivity index (χ1v) is 9.81. The van der Waals surface area contributed by atoms with Crippen LogP contribution in [-0.2, 0) is 10.0 Å². The van der Waals surface area contributed by atoms with Crippen LogP contribution in [0.1, 0.15) is 30.6 Å². The van der Waals surface area contributed by atoms with E-state index < -0.39 is 15.9 Å². The quantitative estimate of drug-likeness (QED) is 0.764. The van der Waals surface area contributed by atoms with Gasteiger partial charge in [0.15, 0.2) is 0 Å². The Hall–Kier alpha value is -1.89. The van der Waals surface area contributed by atoms with Crippen molar-refractivity contribution in [2.24, 2.45) is 5.92 Å². The molecule has 5 nitrogen and oxygen atoms in total. The number of anilines is 1. The fourth-order valence-corrected chi connectivity index (χ4v) is 3.42. The third-order valence-corrected chi connectivity index (χ3v) is 5.20. The number of sulfonamides is 1. The van der Waals surface area contributed by atoms with Crippen LogP contribution in [0.5, 0.6) is 0 Å². The van der Waals surface area contributed by atoms with Gasteiger partial charge in [-0.2, -0.15) is 0 Å². The molecule has 0 fully saturated rings. The number of halogens is 1. The smallest absolute Gasteiger partial charge is 0.255 e. The van der Waals surface area contributed by atoms with E-state index in [1.165, 1.54) is 12.1 Å². The Balaban J connectivity index is 2.13. The van der Waals surface area contributed by atoms with Crippen LogP contribution in [0.2, 0.25) is 5.02 Å². The molecule has 25 heavy (non-hydrogen) atoms. The van der Waals surface area contributed by atoms with Crippen molar-refractivity contribution in [1.82, 2.24) is 4.72 Å². The van der Waals surface area contributed by atoms with E-state index in [1.54, 1.807) is 36.4 Å². The lowest BCUT2D eigenvalue weighted by atomic mass is 10.1. The SMILES string of the molecule is CC(C)CCNS(=O)(=O)c1cccc(C(=O)Nc2cccc(Cl)c2)c1. The van der Waals surface area contributed by atoms with E-state index >= 15 is 0 Å². The standard InChI is InChI=1S/C18H21ClN2O3S/c1-13(2)9-10-20-25(23,24)17-8-3-5-14(11-17)18(22)21-16-7-4-6-15(19)12-16/h3-8,11-13,20H,9-10H2,1-2H3,(H,21,22). The second kappa shape index (κ2) is 8.47. The van der Waals surface area contributed by atoms with Crippen molar-refractivity contribution in [3.05, 3.63) is 59.1 Å². The Labute approximate surface area is 153 Å². The Morgan fingerprint density at radius 1 is 1.12 bits per heavy atom. The van der Waals surface area contributed by atoms with Gasteiger partial charge in [0.05, 0.1) is 4.90 Å². The Kier molecular flexibility index (Phi) is 6.58. The largest absolute Gasteiger partial charge is 0.322 e. The number of hydrogen-bond acceptors (Lipinski definition) is 3. The van der Waals surface area contributed by atoms with E-state index in [2.05, 4.69) is 10.0 Å². The van der Waals surface area contributed by atoms with E-state index in [4.69, 9.17) is 11.6 Å². The number of amides is 1. The van der Waals surface area contributed by atoms with Crippen LogP contribution in [-0.4, -0.2) is 20.9 Å². The number of benzene rings is 2. The molecule has 0 saturated heterocycles.